The molecule has 0 spiro atoms. The van der Waals surface area contributed by atoms with E-state index in [9.17, 15) is 8.42 Å². The highest BCUT2D eigenvalue weighted by Gasteiger charge is 2.28. The van der Waals surface area contributed by atoms with Crippen LogP contribution >= 0.6 is 0 Å². The molecule has 2 rings (SSSR count). The number of hydrogen-bond acceptors (Lipinski definition) is 4. The van der Waals surface area contributed by atoms with Crippen molar-refractivity contribution < 1.29 is 13.2 Å². The highest BCUT2D eigenvalue weighted by atomic mass is 32.2. The molecule has 0 aromatic heterocycles. The number of para-hydroxylation sites is 1. The van der Waals surface area contributed by atoms with Crippen molar-refractivity contribution in [3.05, 3.63) is 29.8 Å². The minimum absolute atomic E-state index is 0.205. The molecule has 0 saturated heterocycles. The van der Waals surface area contributed by atoms with E-state index in [0.29, 0.717) is 13.0 Å². The van der Waals surface area contributed by atoms with Crippen LogP contribution in [0.25, 0.3) is 0 Å². The maximum Gasteiger partial charge on any atom is 0.150 e. The molecule has 1 aromatic carbocycles. The molecule has 0 aliphatic heterocycles. The van der Waals surface area contributed by atoms with Gasteiger partial charge in [-0.1, -0.05) is 24.6 Å². The Morgan fingerprint density at radius 1 is 1.30 bits per heavy atom. The number of anilines is 1. The van der Waals surface area contributed by atoms with Crippen molar-refractivity contribution >= 4 is 15.5 Å². The Morgan fingerprint density at radius 2 is 2.05 bits per heavy atom. The van der Waals surface area contributed by atoms with Crippen LogP contribution in [0.3, 0.4) is 0 Å². The molecule has 20 heavy (non-hydrogen) atoms. The van der Waals surface area contributed by atoms with Gasteiger partial charge in [-0.15, -0.1) is 0 Å². The van der Waals surface area contributed by atoms with E-state index in [1.165, 1.54) is 6.26 Å². The van der Waals surface area contributed by atoms with Gasteiger partial charge >= 0.3 is 0 Å². The van der Waals surface area contributed by atoms with Crippen molar-refractivity contribution in [1.82, 2.24) is 0 Å². The van der Waals surface area contributed by atoms with E-state index in [1.807, 2.05) is 24.3 Å². The number of hydrogen-bond donors (Lipinski definition) is 1. The first-order chi connectivity index (χ1) is 9.50. The zero-order valence-corrected chi connectivity index (χ0v) is 12.9. The zero-order valence-electron chi connectivity index (χ0n) is 12.1. The van der Waals surface area contributed by atoms with Crippen molar-refractivity contribution in [3.8, 4) is 0 Å². The molecule has 4 nitrogen and oxygen atoms in total. The molecule has 0 bridgehead atoms. The van der Waals surface area contributed by atoms with Crippen LogP contribution in [-0.4, -0.2) is 33.1 Å². The van der Waals surface area contributed by atoms with Crippen molar-refractivity contribution in [2.45, 2.75) is 43.6 Å². The van der Waals surface area contributed by atoms with Crippen molar-refractivity contribution in [2.24, 2.45) is 0 Å². The second-order valence-corrected chi connectivity index (χ2v) is 7.88. The molecular weight excluding hydrogens is 274 g/mol. The van der Waals surface area contributed by atoms with Crippen LogP contribution in [0.4, 0.5) is 5.69 Å². The predicted molar refractivity (Wildman–Crippen MR) is 81.7 cm³/mol. The minimum atomic E-state index is -2.94. The summed E-state index contributed by atoms with van der Waals surface area (Å²) in [6, 6.07) is 8.25. The van der Waals surface area contributed by atoms with Crippen LogP contribution in [0.1, 0.15) is 31.2 Å². The maximum absolute atomic E-state index is 11.7. The van der Waals surface area contributed by atoms with Crippen LogP contribution < -0.4 is 5.32 Å². The van der Waals surface area contributed by atoms with Gasteiger partial charge in [0.25, 0.3) is 0 Å². The first-order valence-corrected chi connectivity index (χ1v) is 8.98. The largest absolute Gasteiger partial charge is 0.382 e. The van der Waals surface area contributed by atoms with Gasteiger partial charge in [0.15, 0.2) is 0 Å². The van der Waals surface area contributed by atoms with Crippen LogP contribution in [0.5, 0.6) is 0 Å². The van der Waals surface area contributed by atoms with Gasteiger partial charge < -0.3 is 10.1 Å². The van der Waals surface area contributed by atoms with Gasteiger partial charge in [-0.25, -0.2) is 8.42 Å². The Kier molecular flexibility index (Phi) is 5.05. The number of sulfone groups is 1. The van der Waals surface area contributed by atoms with E-state index in [4.69, 9.17) is 4.74 Å². The molecule has 1 aliphatic carbocycles. The molecule has 5 heteroatoms. The van der Waals surface area contributed by atoms with Gasteiger partial charge in [-0.3, -0.25) is 0 Å². The summed E-state index contributed by atoms with van der Waals surface area (Å²) >= 11 is 0. The molecule has 0 heterocycles. The Hall–Kier alpha value is -1.07. The maximum atomic E-state index is 11.7. The third kappa shape index (κ3) is 3.96. The molecule has 1 N–H and O–H groups in total. The van der Waals surface area contributed by atoms with Crippen molar-refractivity contribution in [3.63, 3.8) is 0 Å². The second kappa shape index (κ2) is 6.59. The molecule has 1 fully saturated rings. The van der Waals surface area contributed by atoms with Gasteiger partial charge in [-0.2, -0.15) is 0 Å². The van der Waals surface area contributed by atoms with Crippen LogP contribution in [0.15, 0.2) is 24.3 Å². The Bertz CT molecular complexity index is 542. The summed E-state index contributed by atoms with van der Waals surface area (Å²) in [6.07, 6.45) is 4.81. The SMILES string of the molecule is COCc1ccccc1NC1CCCC(S(C)(=O)=O)C1. The molecule has 0 radical (unpaired) electrons. The van der Waals surface area contributed by atoms with Gasteiger partial charge in [0.1, 0.15) is 9.84 Å². The first kappa shape index (κ1) is 15.3. The van der Waals surface area contributed by atoms with Crippen LogP contribution in [0.2, 0.25) is 0 Å². The third-order valence-corrected chi connectivity index (χ3v) is 5.55. The summed E-state index contributed by atoms with van der Waals surface area (Å²) in [7, 11) is -1.26. The van der Waals surface area contributed by atoms with Gasteiger partial charge in [-0.05, 0) is 25.3 Å². The van der Waals surface area contributed by atoms with E-state index in [-0.39, 0.29) is 11.3 Å². The minimum Gasteiger partial charge on any atom is -0.382 e. The molecule has 1 saturated carbocycles. The average Bonchev–Trinajstić information content (AvgIpc) is 2.41. The van der Waals surface area contributed by atoms with E-state index in [1.54, 1.807) is 7.11 Å². The van der Waals surface area contributed by atoms with E-state index >= 15 is 0 Å². The Balaban J connectivity index is 2.06. The lowest BCUT2D eigenvalue weighted by Gasteiger charge is -2.30. The van der Waals surface area contributed by atoms with Gasteiger partial charge in [0, 0.05) is 30.7 Å². The lowest BCUT2D eigenvalue weighted by Crippen LogP contribution is -2.34. The summed E-state index contributed by atoms with van der Waals surface area (Å²) < 4.78 is 28.6. The quantitative estimate of drug-likeness (QED) is 0.907. The number of nitrogens with one attached hydrogen (secondary N) is 1. The fraction of sp³-hybridized carbons (Fsp3) is 0.600. The van der Waals surface area contributed by atoms with Gasteiger partial charge in [0.05, 0.1) is 11.9 Å². The van der Waals surface area contributed by atoms with Crippen molar-refractivity contribution in [1.29, 1.82) is 0 Å². The summed E-state index contributed by atoms with van der Waals surface area (Å²) in [5.41, 5.74) is 2.16. The summed E-state index contributed by atoms with van der Waals surface area (Å²) in [4.78, 5) is 0. The van der Waals surface area contributed by atoms with E-state index in [0.717, 1.165) is 30.5 Å². The summed E-state index contributed by atoms with van der Waals surface area (Å²) in [6.45, 7) is 0.561. The van der Waals surface area contributed by atoms with Crippen LogP contribution in [-0.2, 0) is 21.2 Å². The Morgan fingerprint density at radius 3 is 2.75 bits per heavy atom. The fourth-order valence-electron chi connectivity index (χ4n) is 2.83. The first-order valence-electron chi connectivity index (χ1n) is 7.03. The summed E-state index contributed by atoms with van der Waals surface area (Å²) in [5, 5.41) is 3.29. The standard InChI is InChI=1S/C15H23NO3S/c1-19-11-12-6-3-4-9-15(12)16-13-7-5-8-14(10-13)20(2,17)18/h3-4,6,9,13-14,16H,5,7-8,10-11H2,1-2H3. The highest BCUT2D eigenvalue weighted by molar-refractivity contribution is 7.91. The number of benzene rings is 1. The molecule has 1 aliphatic rings. The lowest BCUT2D eigenvalue weighted by molar-refractivity contribution is 0.185. The zero-order chi connectivity index (χ0) is 14.6. The molecule has 112 valence electrons. The van der Waals surface area contributed by atoms with Gasteiger partial charge in [0.2, 0.25) is 0 Å². The Labute approximate surface area is 121 Å². The topological polar surface area (TPSA) is 55.4 Å². The van der Waals surface area contributed by atoms with Crippen LogP contribution in [0, 0.1) is 0 Å². The molecule has 0 amide bonds. The molecule has 2 atom stereocenters. The normalized spacial score (nSPS) is 23.5. The van der Waals surface area contributed by atoms with E-state index < -0.39 is 9.84 Å². The second-order valence-electron chi connectivity index (χ2n) is 5.55. The monoisotopic (exact) mass is 297 g/mol. The predicted octanol–water partition coefficient (Wildman–Crippen LogP) is 2.60. The number of ether oxygens (including phenoxy) is 1. The molecule has 2 unspecified atom stereocenters. The average molecular weight is 297 g/mol. The molecular formula is C15H23NO3S. The van der Waals surface area contributed by atoms with E-state index in [2.05, 4.69) is 5.32 Å². The summed E-state index contributed by atoms with van der Waals surface area (Å²) in [5.74, 6) is 0. The number of methoxy groups -OCH3 is 1. The third-order valence-electron chi connectivity index (χ3n) is 3.91. The fourth-order valence-corrected chi connectivity index (χ4v) is 4.00. The highest BCUT2D eigenvalue weighted by Crippen LogP contribution is 2.27. The lowest BCUT2D eigenvalue weighted by atomic mass is 9.94. The smallest absolute Gasteiger partial charge is 0.150 e. The van der Waals surface area contributed by atoms with Crippen molar-refractivity contribution in [2.75, 3.05) is 18.7 Å². The number of rotatable bonds is 5. The molecule has 1 aromatic rings.